The van der Waals surface area contributed by atoms with E-state index in [4.69, 9.17) is 0 Å². The van der Waals surface area contributed by atoms with Crippen LogP contribution >= 0.6 is 0 Å². The highest BCUT2D eigenvalue weighted by Gasteiger charge is 2.35. The Labute approximate surface area is 153 Å². The number of hydrogen-bond acceptors (Lipinski definition) is 3. The number of aromatic nitrogens is 2. The average Bonchev–Trinajstić information content (AvgIpc) is 3.29. The van der Waals surface area contributed by atoms with E-state index in [1.54, 1.807) is 0 Å². The van der Waals surface area contributed by atoms with Crippen molar-refractivity contribution in [3.8, 4) is 0 Å². The van der Waals surface area contributed by atoms with E-state index in [9.17, 15) is 4.79 Å². The molecule has 2 N–H and O–H groups in total. The van der Waals surface area contributed by atoms with Gasteiger partial charge in [-0.25, -0.2) is 4.98 Å². The summed E-state index contributed by atoms with van der Waals surface area (Å²) in [4.78, 5) is 16.8. The van der Waals surface area contributed by atoms with Crippen LogP contribution in [0.2, 0.25) is 0 Å². The SMILES string of the molecule is CC1(C(=O)NCc2ccc(Cn3cnc4ccccc43)cc2)CCCN1. The van der Waals surface area contributed by atoms with Crippen LogP contribution in [0.5, 0.6) is 0 Å². The number of nitrogens with one attached hydrogen (secondary N) is 2. The van der Waals surface area contributed by atoms with Gasteiger partial charge in [-0.3, -0.25) is 4.79 Å². The smallest absolute Gasteiger partial charge is 0.240 e. The molecule has 1 atom stereocenters. The molecule has 1 aliphatic rings. The van der Waals surface area contributed by atoms with E-state index in [1.165, 1.54) is 5.56 Å². The van der Waals surface area contributed by atoms with Gasteiger partial charge in [0.15, 0.2) is 0 Å². The fourth-order valence-corrected chi connectivity index (χ4v) is 3.56. The number of amides is 1. The third-order valence-corrected chi connectivity index (χ3v) is 5.23. The van der Waals surface area contributed by atoms with Crippen LogP contribution in [-0.4, -0.2) is 27.5 Å². The van der Waals surface area contributed by atoms with Crippen molar-refractivity contribution in [2.45, 2.75) is 38.4 Å². The van der Waals surface area contributed by atoms with Gasteiger partial charge in [-0.05, 0) is 49.6 Å². The monoisotopic (exact) mass is 348 g/mol. The Kier molecular flexibility index (Phi) is 4.47. The maximum absolute atomic E-state index is 12.4. The fraction of sp³-hybridized carbons (Fsp3) is 0.333. The van der Waals surface area contributed by atoms with E-state index < -0.39 is 5.54 Å². The van der Waals surface area contributed by atoms with Crippen LogP contribution in [0.3, 0.4) is 0 Å². The summed E-state index contributed by atoms with van der Waals surface area (Å²) < 4.78 is 2.15. The predicted molar refractivity (Wildman–Crippen MR) is 103 cm³/mol. The van der Waals surface area contributed by atoms with Crippen LogP contribution in [0.15, 0.2) is 54.9 Å². The Morgan fingerprint density at radius 2 is 1.96 bits per heavy atom. The normalized spacial score (nSPS) is 19.7. The number of benzene rings is 2. The Bertz CT molecular complexity index is 907. The van der Waals surface area contributed by atoms with Gasteiger partial charge in [-0.15, -0.1) is 0 Å². The van der Waals surface area contributed by atoms with Gasteiger partial charge in [-0.1, -0.05) is 36.4 Å². The molecular weight excluding hydrogens is 324 g/mol. The first-order valence-corrected chi connectivity index (χ1v) is 9.15. The van der Waals surface area contributed by atoms with Crippen LogP contribution in [0.4, 0.5) is 0 Å². The van der Waals surface area contributed by atoms with E-state index in [-0.39, 0.29) is 5.91 Å². The molecule has 1 saturated heterocycles. The number of fused-ring (bicyclic) bond motifs is 1. The van der Waals surface area contributed by atoms with Crippen LogP contribution in [0.25, 0.3) is 11.0 Å². The van der Waals surface area contributed by atoms with Gasteiger partial charge < -0.3 is 15.2 Å². The maximum Gasteiger partial charge on any atom is 0.240 e. The second-order valence-corrected chi connectivity index (χ2v) is 7.22. The molecule has 0 aliphatic carbocycles. The molecule has 1 aliphatic heterocycles. The first kappa shape index (κ1) is 16.8. The Balaban J connectivity index is 1.38. The summed E-state index contributed by atoms with van der Waals surface area (Å²) in [5, 5.41) is 6.35. The van der Waals surface area contributed by atoms with E-state index >= 15 is 0 Å². The zero-order chi connectivity index (χ0) is 18.0. The summed E-state index contributed by atoms with van der Waals surface area (Å²) in [5.41, 5.74) is 4.07. The molecule has 0 bridgehead atoms. The van der Waals surface area contributed by atoms with Gasteiger partial charge in [0.05, 0.1) is 22.9 Å². The fourth-order valence-electron chi connectivity index (χ4n) is 3.56. The lowest BCUT2D eigenvalue weighted by atomic mass is 9.99. The summed E-state index contributed by atoms with van der Waals surface area (Å²) in [6.07, 6.45) is 3.84. The number of rotatable bonds is 5. The van der Waals surface area contributed by atoms with Crippen molar-refractivity contribution < 1.29 is 4.79 Å². The predicted octanol–water partition coefficient (Wildman–Crippen LogP) is 2.84. The molecule has 0 saturated carbocycles. The lowest BCUT2D eigenvalue weighted by Gasteiger charge is -2.23. The molecule has 4 rings (SSSR count). The second kappa shape index (κ2) is 6.92. The summed E-state index contributed by atoms with van der Waals surface area (Å²) >= 11 is 0. The molecule has 1 aromatic heterocycles. The van der Waals surface area contributed by atoms with E-state index in [2.05, 4.69) is 50.5 Å². The molecule has 5 nitrogen and oxygen atoms in total. The standard InChI is InChI=1S/C21H24N4O/c1-21(11-4-12-24-21)20(26)22-13-16-7-9-17(10-8-16)14-25-15-23-18-5-2-3-6-19(18)25/h2-3,5-10,15,24H,4,11-14H2,1H3,(H,22,26). The van der Waals surface area contributed by atoms with E-state index in [0.717, 1.165) is 42.5 Å². The van der Waals surface area contributed by atoms with Gasteiger partial charge in [0, 0.05) is 13.1 Å². The zero-order valence-corrected chi connectivity index (χ0v) is 15.0. The van der Waals surface area contributed by atoms with E-state index in [1.807, 2.05) is 31.5 Å². The number of imidazole rings is 1. The second-order valence-electron chi connectivity index (χ2n) is 7.22. The summed E-state index contributed by atoms with van der Waals surface area (Å²) in [6.45, 7) is 4.24. The highest BCUT2D eigenvalue weighted by Crippen LogP contribution is 2.19. The Morgan fingerprint density at radius 1 is 1.19 bits per heavy atom. The molecule has 1 unspecified atom stereocenters. The van der Waals surface area contributed by atoms with Crippen LogP contribution in [-0.2, 0) is 17.9 Å². The number of nitrogens with zero attached hydrogens (tertiary/aromatic N) is 2. The molecule has 5 heteroatoms. The minimum atomic E-state index is -0.414. The number of carbonyl (C=O) groups excluding carboxylic acids is 1. The van der Waals surface area contributed by atoms with Crippen LogP contribution in [0, 0.1) is 0 Å². The van der Waals surface area contributed by atoms with Gasteiger partial charge in [0.1, 0.15) is 0 Å². The molecular formula is C21H24N4O. The zero-order valence-electron chi connectivity index (χ0n) is 15.0. The largest absolute Gasteiger partial charge is 0.350 e. The molecule has 2 aromatic carbocycles. The van der Waals surface area contributed by atoms with Crippen molar-refractivity contribution in [3.63, 3.8) is 0 Å². The third-order valence-electron chi connectivity index (χ3n) is 5.23. The van der Waals surface area contributed by atoms with Gasteiger partial charge >= 0.3 is 0 Å². The molecule has 0 radical (unpaired) electrons. The highest BCUT2D eigenvalue weighted by atomic mass is 16.2. The molecule has 134 valence electrons. The quantitative estimate of drug-likeness (QED) is 0.745. The van der Waals surface area contributed by atoms with E-state index in [0.29, 0.717) is 6.54 Å². The van der Waals surface area contributed by atoms with Gasteiger partial charge in [0.2, 0.25) is 5.91 Å². The molecule has 1 amide bonds. The first-order valence-electron chi connectivity index (χ1n) is 9.15. The van der Waals surface area contributed by atoms with Crippen molar-refractivity contribution in [1.29, 1.82) is 0 Å². The van der Waals surface area contributed by atoms with Crippen molar-refractivity contribution in [2.75, 3.05) is 6.54 Å². The van der Waals surface area contributed by atoms with Gasteiger partial charge in [0.25, 0.3) is 0 Å². The minimum Gasteiger partial charge on any atom is -0.350 e. The topological polar surface area (TPSA) is 59.0 Å². The van der Waals surface area contributed by atoms with Crippen LogP contribution < -0.4 is 10.6 Å². The van der Waals surface area contributed by atoms with Crippen molar-refractivity contribution >= 4 is 16.9 Å². The molecule has 2 heterocycles. The average molecular weight is 348 g/mol. The Morgan fingerprint density at radius 3 is 2.73 bits per heavy atom. The molecule has 1 fully saturated rings. The number of hydrogen-bond donors (Lipinski definition) is 2. The summed E-state index contributed by atoms with van der Waals surface area (Å²) in [6, 6.07) is 16.5. The maximum atomic E-state index is 12.4. The Hall–Kier alpha value is -2.66. The highest BCUT2D eigenvalue weighted by molar-refractivity contribution is 5.86. The summed E-state index contributed by atoms with van der Waals surface area (Å²) in [7, 11) is 0. The summed E-state index contributed by atoms with van der Waals surface area (Å²) in [5.74, 6) is 0.0870. The van der Waals surface area contributed by atoms with Crippen molar-refractivity contribution in [2.24, 2.45) is 0 Å². The minimum absolute atomic E-state index is 0.0870. The first-order chi connectivity index (χ1) is 12.6. The van der Waals surface area contributed by atoms with Crippen molar-refractivity contribution in [1.82, 2.24) is 20.2 Å². The van der Waals surface area contributed by atoms with Crippen LogP contribution in [0.1, 0.15) is 30.9 Å². The lowest BCUT2D eigenvalue weighted by Crippen LogP contribution is -2.50. The number of carbonyl (C=O) groups is 1. The molecule has 0 spiro atoms. The molecule has 3 aromatic rings. The van der Waals surface area contributed by atoms with Gasteiger partial charge in [-0.2, -0.15) is 0 Å². The molecule has 26 heavy (non-hydrogen) atoms. The number of para-hydroxylation sites is 2. The lowest BCUT2D eigenvalue weighted by molar-refractivity contribution is -0.126. The van der Waals surface area contributed by atoms with Crippen molar-refractivity contribution in [3.05, 3.63) is 66.0 Å². The third kappa shape index (κ3) is 3.35.